The molecular formula is C7H5Cl2F2NO2S. The molecule has 0 aliphatic rings. The molecule has 0 fully saturated rings. The Morgan fingerprint density at radius 1 is 1.47 bits per heavy atom. The maximum absolute atomic E-state index is 12.4. The van der Waals surface area contributed by atoms with Crippen molar-refractivity contribution in [3.8, 4) is 0 Å². The van der Waals surface area contributed by atoms with E-state index in [2.05, 4.69) is 4.98 Å². The average molecular weight is 276 g/mol. The van der Waals surface area contributed by atoms with Gasteiger partial charge in [0.15, 0.2) is 5.03 Å². The van der Waals surface area contributed by atoms with Crippen LogP contribution in [0.1, 0.15) is 17.7 Å². The lowest BCUT2D eigenvalue weighted by Gasteiger charge is -2.07. The molecular weight excluding hydrogens is 271 g/mol. The predicted octanol–water partition coefficient (Wildman–Crippen LogP) is 2.91. The first-order valence-corrected chi connectivity index (χ1v) is 6.32. The fraction of sp³-hybridized carbons (Fsp3) is 0.286. The Morgan fingerprint density at radius 3 is 2.40 bits per heavy atom. The van der Waals surface area contributed by atoms with Gasteiger partial charge in [-0.15, -0.1) is 0 Å². The maximum Gasteiger partial charge on any atom is 0.280 e. The van der Waals surface area contributed by atoms with E-state index < -0.39 is 31.1 Å². The standard InChI is InChI=1S/C7H5Cl2F2NO2S/c1-3-2-4(6(10)11)5(8)7(12-3)15(9,13)14/h2,6H,1H3. The summed E-state index contributed by atoms with van der Waals surface area (Å²) in [7, 11) is 0.777. The van der Waals surface area contributed by atoms with Crippen LogP contribution in [0.5, 0.6) is 0 Å². The summed E-state index contributed by atoms with van der Waals surface area (Å²) in [5, 5.41) is -1.37. The molecule has 0 amide bonds. The zero-order chi connectivity index (χ0) is 11.8. The van der Waals surface area contributed by atoms with Gasteiger partial charge in [-0.25, -0.2) is 22.2 Å². The molecule has 3 nitrogen and oxygen atoms in total. The summed E-state index contributed by atoms with van der Waals surface area (Å²) in [5.74, 6) is 0. The van der Waals surface area contributed by atoms with Crippen molar-refractivity contribution in [3.05, 3.63) is 22.3 Å². The molecule has 0 aliphatic heterocycles. The average Bonchev–Trinajstić information content (AvgIpc) is 2.06. The van der Waals surface area contributed by atoms with Gasteiger partial charge in [-0.1, -0.05) is 11.6 Å². The van der Waals surface area contributed by atoms with E-state index in [-0.39, 0.29) is 5.69 Å². The Morgan fingerprint density at radius 2 is 2.00 bits per heavy atom. The molecule has 1 aromatic rings. The molecule has 0 unspecified atom stereocenters. The lowest BCUT2D eigenvalue weighted by Crippen LogP contribution is -2.02. The molecule has 0 N–H and O–H groups in total. The Balaban J connectivity index is 3.56. The normalized spacial score (nSPS) is 12.1. The number of alkyl halides is 2. The summed E-state index contributed by atoms with van der Waals surface area (Å²) in [6.07, 6.45) is -2.88. The summed E-state index contributed by atoms with van der Waals surface area (Å²) in [6.45, 7) is 1.37. The van der Waals surface area contributed by atoms with Crippen LogP contribution in [0.4, 0.5) is 8.78 Å². The van der Waals surface area contributed by atoms with Gasteiger partial charge in [-0.3, -0.25) is 0 Å². The van der Waals surface area contributed by atoms with Crippen LogP contribution in [0, 0.1) is 6.92 Å². The number of hydrogen-bond donors (Lipinski definition) is 0. The smallest absolute Gasteiger partial charge is 0.239 e. The molecule has 84 valence electrons. The zero-order valence-corrected chi connectivity index (χ0v) is 9.67. The van der Waals surface area contributed by atoms with Crippen LogP contribution in [-0.2, 0) is 9.05 Å². The zero-order valence-electron chi connectivity index (χ0n) is 7.34. The monoisotopic (exact) mass is 275 g/mol. The first-order chi connectivity index (χ1) is 6.73. The highest BCUT2D eigenvalue weighted by Gasteiger charge is 2.23. The Labute approximate surface area is 94.4 Å². The van der Waals surface area contributed by atoms with Gasteiger partial charge in [0.05, 0.1) is 5.02 Å². The molecule has 0 atom stereocenters. The first-order valence-electron chi connectivity index (χ1n) is 3.63. The summed E-state index contributed by atoms with van der Waals surface area (Å²) in [4.78, 5) is 3.50. The van der Waals surface area contributed by atoms with E-state index in [1.54, 1.807) is 0 Å². The fourth-order valence-corrected chi connectivity index (χ4v) is 2.50. The van der Waals surface area contributed by atoms with Gasteiger partial charge in [0.2, 0.25) is 0 Å². The van der Waals surface area contributed by atoms with E-state index in [4.69, 9.17) is 22.3 Å². The summed E-state index contributed by atoms with van der Waals surface area (Å²) < 4.78 is 46.8. The van der Waals surface area contributed by atoms with Gasteiger partial charge in [-0.2, -0.15) is 0 Å². The van der Waals surface area contributed by atoms with Crippen LogP contribution in [0.2, 0.25) is 5.02 Å². The third kappa shape index (κ3) is 2.76. The molecule has 0 spiro atoms. The minimum atomic E-state index is -4.22. The second kappa shape index (κ2) is 4.19. The van der Waals surface area contributed by atoms with Crippen LogP contribution in [-0.4, -0.2) is 13.4 Å². The molecule has 1 heterocycles. The molecule has 15 heavy (non-hydrogen) atoms. The number of hydrogen-bond acceptors (Lipinski definition) is 3. The third-order valence-corrected chi connectivity index (χ3v) is 3.25. The molecule has 1 rings (SSSR count). The molecule has 0 aromatic carbocycles. The van der Waals surface area contributed by atoms with Crippen molar-refractivity contribution in [2.24, 2.45) is 0 Å². The quantitative estimate of drug-likeness (QED) is 0.780. The van der Waals surface area contributed by atoms with Gasteiger partial charge >= 0.3 is 0 Å². The topological polar surface area (TPSA) is 47.0 Å². The van der Waals surface area contributed by atoms with Crippen LogP contribution < -0.4 is 0 Å². The highest BCUT2D eigenvalue weighted by molar-refractivity contribution is 8.13. The molecule has 8 heteroatoms. The lowest BCUT2D eigenvalue weighted by atomic mass is 10.2. The number of nitrogens with zero attached hydrogens (tertiary/aromatic N) is 1. The van der Waals surface area contributed by atoms with Crippen molar-refractivity contribution >= 4 is 31.3 Å². The number of aryl methyl sites for hydroxylation is 1. The van der Waals surface area contributed by atoms with Crippen molar-refractivity contribution in [1.29, 1.82) is 0 Å². The number of halogens is 4. The lowest BCUT2D eigenvalue weighted by molar-refractivity contribution is 0.151. The van der Waals surface area contributed by atoms with E-state index >= 15 is 0 Å². The number of rotatable bonds is 2. The minimum absolute atomic E-state index is 0.105. The van der Waals surface area contributed by atoms with E-state index in [0.29, 0.717) is 0 Å². The van der Waals surface area contributed by atoms with Crippen molar-refractivity contribution in [1.82, 2.24) is 4.98 Å². The van der Waals surface area contributed by atoms with E-state index in [0.717, 1.165) is 6.07 Å². The second-order valence-corrected chi connectivity index (χ2v) is 5.57. The maximum atomic E-state index is 12.4. The van der Waals surface area contributed by atoms with Crippen LogP contribution in [0.25, 0.3) is 0 Å². The van der Waals surface area contributed by atoms with Gasteiger partial charge in [0, 0.05) is 21.9 Å². The largest absolute Gasteiger partial charge is 0.280 e. The Bertz CT molecular complexity index is 490. The third-order valence-electron chi connectivity index (χ3n) is 1.55. The van der Waals surface area contributed by atoms with Gasteiger partial charge < -0.3 is 0 Å². The fourth-order valence-electron chi connectivity index (χ4n) is 0.974. The van der Waals surface area contributed by atoms with E-state index in [1.165, 1.54) is 6.92 Å². The van der Waals surface area contributed by atoms with Crippen molar-refractivity contribution in [3.63, 3.8) is 0 Å². The SMILES string of the molecule is Cc1cc(C(F)F)c(Cl)c(S(=O)(=O)Cl)n1. The molecule has 0 radical (unpaired) electrons. The Hall–Kier alpha value is -0.460. The van der Waals surface area contributed by atoms with Gasteiger partial charge in [0.1, 0.15) is 0 Å². The number of aromatic nitrogens is 1. The number of pyridine rings is 1. The highest BCUT2D eigenvalue weighted by Crippen LogP contribution is 2.32. The van der Waals surface area contributed by atoms with Gasteiger partial charge in [-0.05, 0) is 13.0 Å². The highest BCUT2D eigenvalue weighted by atomic mass is 35.7. The van der Waals surface area contributed by atoms with Crippen molar-refractivity contribution in [2.75, 3.05) is 0 Å². The summed E-state index contributed by atoms with van der Waals surface area (Å²) in [5.41, 5.74) is -0.489. The minimum Gasteiger partial charge on any atom is -0.239 e. The molecule has 1 aromatic heterocycles. The van der Waals surface area contributed by atoms with Crippen LogP contribution in [0.3, 0.4) is 0 Å². The van der Waals surface area contributed by atoms with Crippen LogP contribution in [0.15, 0.2) is 11.1 Å². The second-order valence-electron chi connectivity index (χ2n) is 2.71. The summed E-state index contributed by atoms with van der Waals surface area (Å²) in [6, 6.07) is 1.01. The molecule has 0 saturated carbocycles. The molecule has 0 saturated heterocycles. The summed E-state index contributed by atoms with van der Waals surface area (Å²) >= 11 is 5.45. The van der Waals surface area contributed by atoms with E-state index in [9.17, 15) is 17.2 Å². The molecule has 0 bridgehead atoms. The Kier molecular flexibility index (Phi) is 3.52. The first kappa shape index (κ1) is 12.6. The molecule has 0 aliphatic carbocycles. The van der Waals surface area contributed by atoms with E-state index in [1.807, 2.05) is 0 Å². The van der Waals surface area contributed by atoms with Gasteiger partial charge in [0.25, 0.3) is 15.5 Å². The van der Waals surface area contributed by atoms with Crippen molar-refractivity contribution in [2.45, 2.75) is 18.4 Å². The van der Waals surface area contributed by atoms with Crippen molar-refractivity contribution < 1.29 is 17.2 Å². The predicted molar refractivity (Wildman–Crippen MR) is 52.0 cm³/mol. The van der Waals surface area contributed by atoms with Crippen LogP contribution >= 0.6 is 22.3 Å².